The highest BCUT2D eigenvalue weighted by molar-refractivity contribution is 5.81. The van der Waals surface area contributed by atoms with E-state index in [4.69, 9.17) is 19.9 Å². The van der Waals surface area contributed by atoms with Crippen LogP contribution in [0.4, 0.5) is 0 Å². The molecule has 7 aliphatic rings. The van der Waals surface area contributed by atoms with Gasteiger partial charge in [0, 0.05) is 48.6 Å². The van der Waals surface area contributed by atoms with Crippen LogP contribution in [0.3, 0.4) is 0 Å². The number of primary amides is 1. The molecular weight excluding hydrogens is 574 g/mol. The maximum absolute atomic E-state index is 13.2. The number of piperidine rings is 1. The average Bonchev–Trinajstić information content (AvgIpc) is 3.83. The summed E-state index contributed by atoms with van der Waals surface area (Å²) < 4.78 is 20.3. The van der Waals surface area contributed by atoms with Gasteiger partial charge in [-0.1, -0.05) is 66.7 Å². The minimum absolute atomic E-state index is 0.0415. The topological polar surface area (TPSA) is 86.0 Å². The molecule has 0 aromatic heterocycles. The van der Waals surface area contributed by atoms with Gasteiger partial charge < -0.3 is 19.9 Å². The number of hydrogen-bond acceptors (Lipinski definition) is 6. The molecule has 240 valence electrons. The van der Waals surface area contributed by atoms with Gasteiger partial charge in [0.05, 0.1) is 7.11 Å². The van der Waals surface area contributed by atoms with Crippen molar-refractivity contribution >= 4 is 5.91 Å². The number of nitrogens with two attached hydrogens (primary N) is 1. The van der Waals surface area contributed by atoms with Crippen LogP contribution in [0.25, 0.3) is 0 Å². The SMILES string of the molecule is COc1ccc2c3c1O[C@H]1[C@@]4(OC)CCC2[C@@H]2[C@@H](C[C@@H]4[C@H](NC(C(N)=O)c4ccccc4)c4ccccc4)[C@@]31CCN2CC1CC1. The summed E-state index contributed by atoms with van der Waals surface area (Å²) in [5, 5.41) is 3.85. The van der Waals surface area contributed by atoms with Gasteiger partial charge in [0.1, 0.15) is 17.7 Å². The van der Waals surface area contributed by atoms with E-state index in [9.17, 15) is 4.79 Å². The smallest absolute Gasteiger partial charge is 0.239 e. The van der Waals surface area contributed by atoms with Crippen LogP contribution in [-0.2, 0) is 14.9 Å². The number of amides is 1. The number of benzene rings is 3. The lowest BCUT2D eigenvalue weighted by Gasteiger charge is -2.68. The molecule has 7 heteroatoms. The first-order valence-electron chi connectivity index (χ1n) is 17.3. The lowest BCUT2D eigenvalue weighted by Crippen LogP contribution is -2.76. The van der Waals surface area contributed by atoms with Crippen LogP contribution in [0.1, 0.15) is 78.8 Å². The predicted molar refractivity (Wildman–Crippen MR) is 176 cm³/mol. The summed E-state index contributed by atoms with van der Waals surface area (Å²) in [7, 11) is 3.66. The van der Waals surface area contributed by atoms with Crippen molar-refractivity contribution in [3.05, 3.63) is 95.1 Å². The quantitative estimate of drug-likeness (QED) is 0.305. The molecule has 46 heavy (non-hydrogen) atoms. The molecule has 9 atom stereocenters. The fraction of sp³-hybridized carbons (Fsp3) is 0.513. The van der Waals surface area contributed by atoms with Crippen molar-refractivity contribution in [2.75, 3.05) is 27.3 Å². The van der Waals surface area contributed by atoms with Crippen LogP contribution in [-0.4, -0.2) is 55.9 Å². The summed E-state index contributed by atoms with van der Waals surface area (Å²) in [6, 6.07) is 24.7. The van der Waals surface area contributed by atoms with Crippen LogP contribution in [0.2, 0.25) is 0 Å². The minimum Gasteiger partial charge on any atom is -0.493 e. The monoisotopic (exact) mass is 619 g/mol. The van der Waals surface area contributed by atoms with Crippen molar-refractivity contribution < 1.29 is 19.0 Å². The lowest BCUT2D eigenvalue weighted by atomic mass is 9.42. The first kappa shape index (κ1) is 28.8. The molecule has 3 aromatic rings. The first-order valence-corrected chi connectivity index (χ1v) is 17.3. The van der Waals surface area contributed by atoms with E-state index >= 15 is 0 Å². The highest BCUT2D eigenvalue weighted by atomic mass is 16.6. The average molecular weight is 620 g/mol. The highest BCUT2D eigenvalue weighted by Gasteiger charge is 2.75. The van der Waals surface area contributed by atoms with E-state index in [1.165, 1.54) is 30.5 Å². The van der Waals surface area contributed by atoms with Gasteiger partial charge in [0.15, 0.2) is 11.5 Å². The second-order valence-electron chi connectivity index (χ2n) is 14.8. The largest absolute Gasteiger partial charge is 0.493 e. The number of nitrogens with zero attached hydrogens (tertiary/aromatic N) is 1. The van der Waals surface area contributed by atoms with Gasteiger partial charge in [0.25, 0.3) is 0 Å². The van der Waals surface area contributed by atoms with Crippen molar-refractivity contribution in [1.29, 1.82) is 0 Å². The Labute approximate surface area is 271 Å². The molecular formula is C39H45N3O4. The molecule has 1 saturated heterocycles. The van der Waals surface area contributed by atoms with E-state index in [0.29, 0.717) is 17.9 Å². The molecule has 0 radical (unpaired) electrons. The highest BCUT2D eigenvalue weighted by Crippen LogP contribution is 2.72. The third-order valence-corrected chi connectivity index (χ3v) is 13.0. The molecule has 5 aliphatic carbocycles. The van der Waals surface area contributed by atoms with Crippen molar-refractivity contribution in [1.82, 2.24) is 10.2 Å². The van der Waals surface area contributed by atoms with Crippen LogP contribution in [0.5, 0.6) is 11.5 Å². The molecule has 1 spiro atoms. The second-order valence-corrected chi connectivity index (χ2v) is 14.8. The number of fused-ring (bicyclic) bond motifs is 1. The third kappa shape index (κ3) is 3.91. The summed E-state index contributed by atoms with van der Waals surface area (Å²) in [4.78, 5) is 16.1. The summed E-state index contributed by atoms with van der Waals surface area (Å²) >= 11 is 0. The summed E-state index contributed by atoms with van der Waals surface area (Å²) in [5.41, 5.74) is 10.4. The third-order valence-electron chi connectivity index (χ3n) is 13.0. The van der Waals surface area contributed by atoms with E-state index in [1.807, 2.05) is 37.4 Å². The maximum Gasteiger partial charge on any atom is 0.239 e. The number of ether oxygens (including phenoxy) is 3. The fourth-order valence-electron chi connectivity index (χ4n) is 11.1. The van der Waals surface area contributed by atoms with E-state index in [1.54, 1.807) is 7.11 Å². The Kier molecular flexibility index (Phi) is 6.61. The van der Waals surface area contributed by atoms with E-state index in [2.05, 4.69) is 52.7 Å². The second kappa shape index (κ2) is 10.6. The molecule has 4 fully saturated rings. The van der Waals surface area contributed by atoms with E-state index in [-0.39, 0.29) is 29.4 Å². The van der Waals surface area contributed by atoms with Crippen molar-refractivity contribution in [3.63, 3.8) is 0 Å². The normalized spacial score (nSPS) is 34.8. The Morgan fingerprint density at radius 3 is 2.41 bits per heavy atom. The Hall–Kier alpha value is -3.39. The van der Waals surface area contributed by atoms with Crippen molar-refractivity contribution in [2.45, 2.75) is 79.7 Å². The Bertz CT molecular complexity index is 1650. The number of methoxy groups -OCH3 is 2. The van der Waals surface area contributed by atoms with Crippen LogP contribution in [0, 0.1) is 17.8 Å². The molecule has 10 rings (SSSR count). The fourth-order valence-corrected chi connectivity index (χ4v) is 11.1. The zero-order valence-corrected chi connectivity index (χ0v) is 26.9. The Morgan fingerprint density at radius 2 is 1.74 bits per heavy atom. The van der Waals surface area contributed by atoms with Crippen molar-refractivity contribution in [2.24, 2.45) is 23.5 Å². The van der Waals surface area contributed by atoms with Crippen molar-refractivity contribution in [3.8, 4) is 11.5 Å². The lowest BCUT2D eigenvalue weighted by molar-refractivity contribution is -0.228. The van der Waals surface area contributed by atoms with E-state index in [0.717, 1.165) is 60.8 Å². The molecule has 2 unspecified atom stereocenters. The van der Waals surface area contributed by atoms with Gasteiger partial charge in [0.2, 0.25) is 5.91 Å². The maximum atomic E-state index is 13.2. The zero-order valence-electron chi connectivity index (χ0n) is 26.9. The van der Waals surface area contributed by atoms with Gasteiger partial charge in [-0.3, -0.25) is 15.0 Å². The van der Waals surface area contributed by atoms with Crippen LogP contribution < -0.4 is 20.5 Å². The van der Waals surface area contributed by atoms with E-state index < -0.39 is 11.6 Å². The van der Waals surface area contributed by atoms with Crippen LogP contribution in [0.15, 0.2) is 72.8 Å². The van der Waals surface area contributed by atoms with Crippen LogP contribution >= 0.6 is 0 Å². The van der Waals surface area contributed by atoms with Gasteiger partial charge in [-0.05, 0) is 79.7 Å². The molecule has 2 heterocycles. The van der Waals surface area contributed by atoms with Gasteiger partial charge >= 0.3 is 0 Å². The molecule has 2 aliphatic heterocycles. The number of hydrogen-bond donors (Lipinski definition) is 2. The van der Waals surface area contributed by atoms with Gasteiger partial charge in [-0.2, -0.15) is 0 Å². The standard InChI is InChI=1S/C39H45N3O4/c1-44-30-16-15-26-27-17-18-39(45-2)28(32(24-9-5-3-6-10-24)41-33(36(40)43)25-11-7-4-8-12-25)21-29-34(27)42(22-23-13-14-23)20-19-38(29)31(26)35(30)46-37(38)39/h3-12,15-16,23,27-29,32-34,37,41H,13-14,17-22H2,1-2H3,(H2,40,43)/t27?,28-,29-,32-,33?,34-,37-,38+,39-/m1/s1. The summed E-state index contributed by atoms with van der Waals surface area (Å²) in [6.45, 7) is 2.31. The predicted octanol–water partition coefficient (Wildman–Crippen LogP) is 5.65. The number of rotatable bonds is 10. The number of nitrogens with one attached hydrogen (secondary N) is 1. The number of likely N-dealkylation sites (tertiary alicyclic amines) is 1. The first-order chi connectivity index (χ1) is 22.5. The summed E-state index contributed by atoms with van der Waals surface area (Å²) in [6.07, 6.45) is 6.56. The molecule has 7 bridgehead atoms. The Morgan fingerprint density at radius 1 is 1.00 bits per heavy atom. The minimum atomic E-state index is -0.641. The van der Waals surface area contributed by atoms with Gasteiger partial charge in [-0.15, -0.1) is 0 Å². The van der Waals surface area contributed by atoms with Gasteiger partial charge in [-0.25, -0.2) is 0 Å². The molecule has 3 N–H and O–H groups in total. The summed E-state index contributed by atoms with van der Waals surface area (Å²) in [5.74, 6) is 3.11. The Balaban J connectivity index is 1.23. The molecule has 3 aromatic carbocycles. The molecule has 3 saturated carbocycles. The molecule has 1 amide bonds. The molecule has 7 nitrogen and oxygen atoms in total. The zero-order chi connectivity index (χ0) is 31.2. The number of carbonyl (C=O) groups is 1. The number of carbonyl (C=O) groups excluding carboxylic acids is 1.